The average Bonchev–Trinajstić information content (AvgIpc) is 3.31. The summed E-state index contributed by atoms with van der Waals surface area (Å²) in [6, 6.07) is 7.04. The summed E-state index contributed by atoms with van der Waals surface area (Å²) in [7, 11) is 0. The van der Waals surface area contributed by atoms with Crippen molar-refractivity contribution in [3.8, 4) is 6.07 Å². The van der Waals surface area contributed by atoms with Gasteiger partial charge in [0.2, 0.25) is 0 Å². The van der Waals surface area contributed by atoms with Crippen LogP contribution in [0.2, 0.25) is 0 Å². The maximum absolute atomic E-state index is 13.6. The number of nitrogen functional groups attached to an aromatic ring is 1. The number of rotatable bonds is 3. The molecule has 32 heavy (non-hydrogen) atoms. The van der Waals surface area contributed by atoms with Gasteiger partial charge in [-0.2, -0.15) is 10.4 Å². The van der Waals surface area contributed by atoms with Crippen molar-refractivity contribution in [2.24, 2.45) is 0 Å². The molecule has 2 unspecified atom stereocenters. The lowest BCUT2D eigenvalue weighted by Gasteiger charge is -2.28. The summed E-state index contributed by atoms with van der Waals surface area (Å²) >= 11 is 0. The van der Waals surface area contributed by atoms with Crippen LogP contribution >= 0.6 is 0 Å². The highest BCUT2D eigenvalue weighted by Crippen LogP contribution is 2.36. The van der Waals surface area contributed by atoms with Gasteiger partial charge in [0.1, 0.15) is 28.9 Å². The number of aryl methyl sites for hydroxylation is 1. The Balaban J connectivity index is 1.55. The van der Waals surface area contributed by atoms with Crippen LogP contribution < -0.4 is 5.73 Å². The predicted octanol–water partition coefficient (Wildman–Crippen LogP) is 4.15. The van der Waals surface area contributed by atoms with Gasteiger partial charge in [-0.05, 0) is 76.1 Å². The minimum atomic E-state index is -0.559. The highest BCUT2D eigenvalue weighted by Gasteiger charge is 2.34. The summed E-state index contributed by atoms with van der Waals surface area (Å²) < 4.78 is 20.8. The van der Waals surface area contributed by atoms with Gasteiger partial charge >= 0.3 is 6.09 Å². The SMILES string of the molecule is CC(C)(C)OC(=O)N1CCCC1Cn1nc(C2CCc3cc(F)ccc3C2)c(C#N)c1N. The topological polar surface area (TPSA) is 97.2 Å². The van der Waals surface area contributed by atoms with Crippen molar-refractivity contribution >= 4 is 11.9 Å². The Kier molecular flexibility index (Phi) is 5.85. The summed E-state index contributed by atoms with van der Waals surface area (Å²) in [6.07, 6.45) is 3.62. The summed E-state index contributed by atoms with van der Waals surface area (Å²) in [5.41, 5.74) is 8.98. The van der Waals surface area contributed by atoms with Crippen LogP contribution in [0.25, 0.3) is 0 Å². The number of aromatic nitrogens is 2. The maximum Gasteiger partial charge on any atom is 0.410 e. The molecule has 1 saturated heterocycles. The fourth-order valence-electron chi connectivity index (χ4n) is 4.78. The second kappa shape index (κ2) is 8.45. The lowest BCUT2D eigenvalue weighted by Crippen LogP contribution is -2.41. The Morgan fingerprint density at radius 2 is 2.12 bits per heavy atom. The first kappa shape index (κ1) is 22.1. The Morgan fingerprint density at radius 1 is 1.34 bits per heavy atom. The number of ether oxygens (including phenoxy) is 1. The third kappa shape index (κ3) is 4.43. The van der Waals surface area contributed by atoms with Gasteiger partial charge < -0.3 is 15.4 Å². The summed E-state index contributed by atoms with van der Waals surface area (Å²) in [6.45, 7) is 6.61. The zero-order valence-corrected chi connectivity index (χ0v) is 18.9. The van der Waals surface area contributed by atoms with Gasteiger partial charge in [0.25, 0.3) is 0 Å². The molecule has 0 spiro atoms. The number of hydrogen-bond donors (Lipinski definition) is 1. The number of fused-ring (bicyclic) bond motifs is 1. The number of hydrogen-bond acceptors (Lipinski definition) is 5. The zero-order valence-electron chi connectivity index (χ0n) is 18.9. The van der Waals surface area contributed by atoms with Crippen LogP contribution in [0.5, 0.6) is 0 Å². The van der Waals surface area contributed by atoms with Gasteiger partial charge in [-0.3, -0.25) is 0 Å². The maximum atomic E-state index is 13.6. The van der Waals surface area contributed by atoms with E-state index >= 15 is 0 Å². The van der Waals surface area contributed by atoms with Crippen molar-refractivity contribution in [2.75, 3.05) is 12.3 Å². The quantitative estimate of drug-likeness (QED) is 0.775. The molecule has 2 aromatic rings. The number of carbonyl (C=O) groups excluding carboxylic acids is 1. The van der Waals surface area contributed by atoms with Crippen LogP contribution in [-0.4, -0.2) is 39.0 Å². The standard InChI is InChI=1S/C24H30FN5O2/c1-24(2,3)32-23(31)29-10-4-5-19(29)14-30-22(27)20(13-26)21(28-30)17-7-6-16-12-18(25)9-8-15(16)11-17/h8-9,12,17,19H,4-7,10-11,14,27H2,1-3H3. The van der Waals surface area contributed by atoms with E-state index in [1.54, 1.807) is 15.6 Å². The van der Waals surface area contributed by atoms with Gasteiger partial charge in [-0.15, -0.1) is 0 Å². The molecule has 1 aliphatic heterocycles. The molecule has 2 heterocycles. The van der Waals surface area contributed by atoms with Crippen LogP contribution in [-0.2, 0) is 24.1 Å². The largest absolute Gasteiger partial charge is 0.444 e. The van der Waals surface area contributed by atoms with Crippen molar-refractivity contribution in [2.45, 2.75) is 77.0 Å². The molecule has 2 N–H and O–H groups in total. The fourth-order valence-corrected chi connectivity index (χ4v) is 4.78. The van der Waals surface area contributed by atoms with Crippen LogP contribution in [0.1, 0.15) is 68.3 Å². The summed E-state index contributed by atoms with van der Waals surface area (Å²) in [4.78, 5) is 14.4. The van der Waals surface area contributed by atoms with Crippen LogP contribution in [0, 0.1) is 17.1 Å². The van der Waals surface area contributed by atoms with Gasteiger partial charge in [0.15, 0.2) is 0 Å². The highest BCUT2D eigenvalue weighted by atomic mass is 19.1. The van der Waals surface area contributed by atoms with E-state index in [2.05, 4.69) is 6.07 Å². The number of halogens is 1. The lowest BCUT2D eigenvalue weighted by atomic mass is 9.81. The van der Waals surface area contributed by atoms with Crippen molar-refractivity contribution in [3.05, 3.63) is 46.4 Å². The number of amides is 1. The number of nitrogens with zero attached hydrogens (tertiary/aromatic N) is 4. The molecule has 1 aromatic heterocycles. The first-order valence-corrected chi connectivity index (χ1v) is 11.2. The van der Waals surface area contributed by atoms with E-state index in [9.17, 15) is 14.4 Å². The summed E-state index contributed by atoms with van der Waals surface area (Å²) in [5, 5.41) is 14.5. The Labute approximate surface area is 187 Å². The minimum Gasteiger partial charge on any atom is -0.444 e. The third-order valence-corrected chi connectivity index (χ3v) is 6.30. The van der Waals surface area contributed by atoms with E-state index in [1.807, 2.05) is 26.8 Å². The van der Waals surface area contributed by atoms with Gasteiger partial charge in [0, 0.05) is 12.5 Å². The van der Waals surface area contributed by atoms with Gasteiger partial charge in [-0.25, -0.2) is 13.9 Å². The lowest BCUT2D eigenvalue weighted by molar-refractivity contribution is 0.0212. The fraction of sp³-hybridized carbons (Fsp3) is 0.542. The molecular formula is C24H30FN5O2. The Bertz CT molecular complexity index is 1070. The molecule has 1 aromatic carbocycles. The minimum absolute atomic E-state index is 0.0525. The van der Waals surface area contributed by atoms with E-state index in [4.69, 9.17) is 15.6 Å². The van der Waals surface area contributed by atoms with Crippen LogP contribution in [0.15, 0.2) is 18.2 Å². The first-order valence-electron chi connectivity index (χ1n) is 11.2. The number of anilines is 1. The van der Waals surface area contributed by atoms with Crippen molar-refractivity contribution < 1.29 is 13.9 Å². The normalized spacial score (nSPS) is 20.7. The molecule has 170 valence electrons. The molecule has 1 fully saturated rings. The number of carbonyl (C=O) groups is 1. The molecule has 0 bridgehead atoms. The van der Waals surface area contributed by atoms with E-state index in [-0.39, 0.29) is 23.9 Å². The van der Waals surface area contributed by atoms with Gasteiger partial charge in [-0.1, -0.05) is 6.07 Å². The number of nitriles is 1. The molecule has 7 nitrogen and oxygen atoms in total. The molecular weight excluding hydrogens is 409 g/mol. The predicted molar refractivity (Wildman–Crippen MR) is 118 cm³/mol. The molecule has 8 heteroatoms. The monoisotopic (exact) mass is 439 g/mol. The summed E-state index contributed by atoms with van der Waals surface area (Å²) in [5.74, 6) is 0.166. The second-order valence-electron chi connectivity index (χ2n) is 9.76. The highest BCUT2D eigenvalue weighted by molar-refractivity contribution is 5.69. The van der Waals surface area contributed by atoms with Crippen molar-refractivity contribution in [1.29, 1.82) is 5.26 Å². The first-order chi connectivity index (χ1) is 15.2. The smallest absolute Gasteiger partial charge is 0.410 e. The van der Waals surface area contributed by atoms with E-state index in [1.165, 1.54) is 6.07 Å². The molecule has 0 saturated carbocycles. The average molecular weight is 440 g/mol. The Hall–Kier alpha value is -3.08. The van der Waals surface area contributed by atoms with Crippen molar-refractivity contribution in [1.82, 2.24) is 14.7 Å². The third-order valence-electron chi connectivity index (χ3n) is 6.30. The second-order valence-corrected chi connectivity index (χ2v) is 9.76. The molecule has 1 amide bonds. The number of likely N-dealkylation sites (tertiary alicyclic amines) is 1. The van der Waals surface area contributed by atoms with E-state index in [0.717, 1.165) is 36.8 Å². The number of benzene rings is 1. The number of nitrogens with two attached hydrogens (primary N) is 1. The molecule has 2 atom stereocenters. The molecule has 4 rings (SSSR count). The van der Waals surface area contributed by atoms with E-state index < -0.39 is 5.60 Å². The molecule has 1 aliphatic carbocycles. The zero-order chi connectivity index (χ0) is 23.0. The van der Waals surface area contributed by atoms with Gasteiger partial charge in [0.05, 0.1) is 18.3 Å². The van der Waals surface area contributed by atoms with Crippen molar-refractivity contribution in [3.63, 3.8) is 0 Å². The molecule has 2 aliphatic rings. The molecule has 0 radical (unpaired) electrons. The van der Waals surface area contributed by atoms with E-state index in [0.29, 0.717) is 36.6 Å². The Morgan fingerprint density at radius 3 is 2.84 bits per heavy atom. The van der Waals surface area contributed by atoms with Crippen LogP contribution in [0.3, 0.4) is 0 Å². The van der Waals surface area contributed by atoms with Crippen LogP contribution in [0.4, 0.5) is 15.0 Å².